The van der Waals surface area contributed by atoms with Crippen LogP contribution in [-0.2, 0) is 6.54 Å². The summed E-state index contributed by atoms with van der Waals surface area (Å²) in [6.07, 6.45) is 0. The van der Waals surface area contributed by atoms with Gasteiger partial charge in [0, 0.05) is 30.4 Å². The van der Waals surface area contributed by atoms with Gasteiger partial charge in [-0.3, -0.25) is 0 Å². The number of rotatable bonds is 4. The van der Waals surface area contributed by atoms with E-state index in [9.17, 15) is 4.39 Å². The summed E-state index contributed by atoms with van der Waals surface area (Å²) in [6, 6.07) is 10.6. The zero-order chi connectivity index (χ0) is 14.7. The normalized spacial score (nSPS) is 12.2. The molecule has 2 aromatic rings. The molecule has 0 aliphatic heterocycles. The number of hydrogen-bond acceptors (Lipinski definition) is 3. The van der Waals surface area contributed by atoms with E-state index < -0.39 is 0 Å². The Morgan fingerprint density at radius 1 is 1.25 bits per heavy atom. The van der Waals surface area contributed by atoms with E-state index in [0.29, 0.717) is 12.1 Å². The number of nitrogens with two attached hydrogens (primary N) is 1. The van der Waals surface area contributed by atoms with Crippen LogP contribution in [0, 0.1) is 12.7 Å². The molecule has 0 fully saturated rings. The van der Waals surface area contributed by atoms with E-state index in [-0.39, 0.29) is 11.9 Å². The molecular formula is C16H20FN3. The standard InChI is InChI=1S/C16H20FN3/c1-11-8-9-13(10-18)16(19-11)20(3)12(2)14-6-4-5-7-15(14)17/h4-9,12H,10,18H2,1-3H3. The first-order valence-electron chi connectivity index (χ1n) is 6.68. The van der Waals surface area contributed by atoms with Crippen molar-refractivity contribution in [3.8, 4) is 0 Å². The number of halogens is 1. The van der Waals surface area contributed by atoms with Crippen molar-refractivity contribution in [1.29, 1.82) is 0 Å². The second-order valence-electron chi connectivity index (χ2n) is 4.95. The van der Waals surface area contributed by atoms with Crippen LogP contribution in [0.1, 0.15) is 29.8 Å². The van der Waals surface area contributed by atoms with E-state index >= 15 is 0 Å². The highest BCUT2D eigenvalue weighted by atomic mass is 19.1. The van der Waals surface area contributed by atoms with Crippen molar-refractivity contribution in [2.45, 2.75) is 26.4 Å². The predicted molar refractivity (Wildman–Crippen MR) is 80.1 cm³/mol. The SMILES string of the molecule is Cc1ccc(CN)c(N(C)C(C)c2ccccc2F)n1. The van der Waals surface area contributed by atoms with Gasteiger partial charge in [-0.2, -0.15) is 0 Å². The minimum Gasteiger partial charge on any atom is -0.353 e. The molecule has 0 radical (unpaired) electrons. The van der Waals surface area contributed by atoms with Crippen molar-refractivity contribution in [2.24, 2.45) is 5.73 Å². The molecule has 2 N–H and O–H groups in total. The van der Waals surface area contributed by atoms with E-state index in [1.54, 1.807) is 12.1 Å². The third-order valence-electron chi connectivity index (χ3n) is 3.59. The van der Waals surface area contributed by atoms with E-state index in [4.69, 9.17) is 5.73 Å². The van der Waals surface area contributed by atoms with Gasteiger partial charge in [0.1, 0.15) is 11.6 Å². The van der Waals surface area contributed by atoms with Crippen molar-refractivity contribution in [1.82, 2.24) is 4.98 Å². The Morgan fingerprint density at radius 3 is 2.60 bits per heavy atom. The zero-order valence-electron chi connectivity index (χ0n) is 12.1. The third kappa shape index (κ3) is 2.80. The Labute approximate surface area is 119 Å². The van der Waals surface area contributed by atoms with Crippen LogP contribution in [-0.4, -0.2) is 12.0 Å². The topological polar surface area (TPSA) is 42.1 Å². The van der Waals surface area contributed by atoms with Crippen molar-refractivity contribution >= 4 is 5.82 Å². The number of anilines is 1. The molecular weight excluding hydrogens is 253 g/mol. The predicted octanol–water partition coefficient (Wildman–Crippen LogP) is 3.19. The molecule has 1 unspecified atom stereocenters. The molecule has 0 amide bonds. The summed E-state index contributed by atoms with van der Waals surface area (Å²) < 4.78 is 13.9. The largest absolute Gasteiger partial charge is 0.353 e. The lowest BCUT2D eigenvalue weighted by molar-refractivity contribution is 0.583. The number of aromatic nitrogens is 1. The minimum atomic E-state index is -0.200. The summed E-state index contributed by atoms with van der Waals surface area (Å²) in [5.41, 5.74) is 8.30. The van der Waals surface area contributed by atoms with Crippen LogP contribution in [0.3, 0.4) is 0 Å². The average Bonchev–Trinajstić information content (AvgIpc) is 2.46. The molecule has 0 bridgehead atoms. The van der Waals surface area contributed by atoms with Gasteiger partial charge in [0.2, 0.25) is 0 Å². The fourth-order valence-electron chi connectivity index (χ4n) is 2.24. The van der Waals surface area contributed by atoms with E-state index in [1.807, 2.05) is 44.0 Å². The van der Waals surface area contributed by atoms with Crippen LogP contribution in [0.2, 0.25) is 0 Å². The van der Waals surface area contributed by atoms with Gasteiger partial charge in [0.25, 0.3) is 0 Å². The molecule has 0 saturated carbocycles. The molecule has 1 aromatic heterocycles. The fourth-order valence-corrected chi connectivity index (χ4v) is 2.24. The maximum Gasteiger partial charge on any atom is 0.133 e. The summed E-state index contributed by atoms with van der Waals surface area (Å²) in [6.45, 7) is 4.31. The molecule has 4 heteroatoms. The molecule has 106 valence electrons. The number of benzene rings is 1. The summed E-state index contributed by atoms with van der Waals surface area (Å²) in [5, 5.41) is 0. The summed E-state index contributed by atoms with van der Waals surface area (Å²) in [7, 11) is 1.91. The lowest BCUT2D eigenvalue weighted by Crippen LogP contribution is -2.25. The van der Waals surface area contributed by atoms with Gasteiger partial charge in [-0.1, -0.05) is 24.3 Å². The smallest absolute Gasteiger partial charge is 0.133 e. The van der Waals surface area contributed by atoms with Crippen LogP contribution in [0.5, 0.6) is 0 Å². The van der Waals surface area contributed by atoms with Crippen LogP contribution >= 0.6 is 0 Å². The van der Waals surface area contributed by atoms with Crippen LogP contribution in [0.25, 0.3) is 0 Å². The van der Waals surface area contributed by atoms with Gasteiger partial charge < -0.3 is 10.6 Å². The van der Waals surface area contributed by atoms with Gasteiger partial charge in [0.15, 0.2) is 0 Å². The molecule has 0 saturated heterocycles. The Bertz CT molecular complexity index is 598. The number of nitrogens with zero attached hydrogens (tertiary/aromatic N) is 2. The number of pyridine rings is 1. The van der Waals surface area contributed by atoms with E-state index in [2.05, 4.69) is 4.98 Å². The molecule has 3 nitrogen and oxygen atoms in total. The molecule has 1 heterocycles. The molecule has 0 aliphatic carbocycles. The van der Waals surface area contributed by atoms with E-state index in [1.165, 1.54) is 6.07 Å². The molecule has 0 aliphatic rings. The molecule has 1 atom stereocenters. The maximum atomic E-state index is 13.9. The fraction of sp³-hybridized carbons (Fsp3) is 0.312. The van der Waals surface area contributed by atoms with Gasteiger partial charge in [-0.15, -0.1) is 0 Å². The highest BCUT2D eigenvalue weighted by Gasteiger charge is 2.18. The molecule has 2 rings (SSSR count). The second kappa shape index (κ2) is 6.01. The zero-order valence-corrected chi connectivity index (χ0v) is 12.1. The van der Waals surface area contributed by atoms with Crippen LogP contribution < -0.4 is 10.6 Å². The quantitative estimate of drug-likeness (QED) is 0.930. The summed E-state index contributed by atoms with van der Waals surface area (Å²) in [4.78, 5) is 6.51. The molecule has 20 heavy (non-hydrogen) atoms. The van der Waals surface area contributed by atoms with Gasteiger partial charge in [-0.25, -0.2) is 9.37 Å². The van der Waals surface area contributed by atoms with Gasteiger partial charge in [-0.05, 0) is 26.0 Å². The van der Waals surface area contributed by atoms with Crippen LogP contribution in [0.4, 0.5) is 10.2 Å². The minimum absolute atomic E-state index is 0.115. The number of aryl methyl sites for hydroxylation is 1. The van der Waals surface area contributed by atoms with Crippen molar-refractivity contribution < 1.29 is 4.39 Å². The molecule has 0 spiro atoms. The first-order chi connectivity index (χ1) is 9.54. The van der Waals surface area contributed by atoms with Crippen molar-refractivity contribution in [2.75, 3.05) is 11.9 Å². The lowest BCUT2D eigenvalue weighted by atomic mass is 10.1. The Hall–Kier alpha value is -1.94. The monoisotopic (exact) mass is 273 g/mol. The first-order valence-corrected chi connectivity index (χ1v) is 6.68. The highest BCUT2D eigenvalue weighted by Crippen LogP contribution is 2.28. The first kappa shape index (κ1) is 14.5. The Kier molecular flexibility index (Phi) is 4.35. The van der Waals surface area contributed by atoms with Crippen molar-refractivity contribution in [3.63, 3.8) is 0 Å². The Morgan fingerprint density at radius 2 is 1.95 bits per heavy atom. The molecule has 1 aromatic carbocycles. The van der Waals surface area contributed by atoms with Gasteiger partial charge in [0.05, 0.1) is 6.04 Å². The van der Waals surface area contributed by atoms with Gasteiger partial charge >= 0.3 is 0 Å². The van der Waals surface area contributed by atoms with Crippen molar-refractivity contribution in [3.05, 3.63) is 59.0 Å². The van der Waals surface area contributed by atoms with E-state index in [0.717, 1.165) is 17.1 Å². The average molecular weight is 273 g/mol. The van der Waals surface area contributed by atoms with Crippen LogP contribution in [0.15, 0.2) is 36.4 Å². The Balaban J connectivity index is 2.38. The summed E-state index contributed by atoms with van der Waals surface area (Å²) >= 11 is 0. The maximum absolute atomic E-state index is 13.9. The highest BCUT2D eigenvalue weighted by molar-refractivity contribution is 5.49. The number of hydrogen-bond donors (Lipinski definition) is 1. The second-order valence-corrected chi connectivity index (χ2v) is 4.95. The summed E-state index contributed by atoms with van der Waals surface area (Å²) in [5.74, 6) is 0.608. The third-order valence-corrected chi connectivity index (χ3v) is 3.59. The lowest BCUT2D eigenvalue weighted by Gasteiger charge is -2.28.